The fourth-order valence-corrected chi connectivity index (χ4v) is 3.85. The van der Waals surface area contributed by atoms with E-state index in [0.29, 0.717) is 15.9 Å². The molecule has 0 aliphatic rings. The summed E-state index contributed by atoms with van der Waals surface area (Å²) in [6.45, 7) is 3.93. The van der Waals surface area contributed by atoms with Gasteiger partial charge in [-0.3, -0.25) is 4.72 Å². The van der Waals surface area contributed by atoms with E-state index in [1.54, 1.807) is 6.07 Å². The number of hydrogen-bond donors (Lipinski definition) is 2. The summed E-state index contributed by atoms with van der Waals surface area (Å²) in [5, 5.41) is -0.148. The minimum atomic E-state index is -3.76. The van der Waals surface area contributed by atoms with Gasteiger partial charge >= 0.3 is 0 Å². The second kappa shape index (κ2) is 5.59. The summed E-state index contributed by atoms with van der Waals surface area (Å²) in [6.07, 6.45) is 0. The van der Waals surface area contributed by atoms with Crippen LogP contribution in [-0.4, -0.2) is 8.42 Å². The van der Waals surface area contributed by atoms with E-state index in [1.165, 1.54) is 6.07 Å². The normalized spacial score (nSPS) is 11.6. The van der Waals surface area contributed by atoms with E-state index in [1.807, 2.05) is 26.0 Å². The van der Waals surface area contributed by atoms with Crippen molar-refractivity contribution < 1.29 is 12.8 Å². The number of furan rings is 1. The fourth-order valence-electron chi connectivity index (χ4n) is 1.84. The summed E-state index contributed by atoms with van der Waals surface area (Å²) in [5.74, 6) is 0.421. The minimum Gasteiger partial charge on any atom is -0.446 e. The maximum atomic E-state index is 12.3. The number of aryl methyl sites for hydroxylation is 2. The molecule has 5 nitrogen and oxygen atoms in total. The molecule has 7 heteroatoms. The number of halogens is 1. The molecule has 0 aliphatic heterocycles. The highest BCUT2D eigenvalue weighted by atomic mass is 79.9. The Bertz CT molecular complexity index is 715. The van der Waals surface area contributed by atoms with Crippen LogP contribution in [0.2, 0.25) is 0 Å². The molecule has 1 aromatic carbocycles. The Morgan fingerprint density at radius 3 is 2.55 bits per heavy atom. The molecule has 0 saturated carbocycles. The van der Waals surface area contributed by atoms with E-state index in [4.69, 9.17) is 10.2 Å². The van der Waals surface area contributed by atoms with Crippen molar-refractivity contribution in [2.75, 3.05) is 4.72 Å². The molecular formula is C13H15BrN2O3S. The van der Waals surface area contributed by atoms with E-state index in [2.05, 4.69) is 20.7 Å². The van der Waals surface area contributed by atoms with Crippen molar-refractivity contribution in [2.45, 2.75) is 25.5 Å². The van der Waals surface area contributed by atoms with Gasteiger partial charge in [-0.2, -0.15) is 8.42 Å². The van der Waals surface area contributed by atoms with Crippen LogP contribution in [0.4, 0.5) is 5.69 Å². The molecule has 0 aliphatic carbocycles. The average molecular weight is 359 g/mol. The zero-order valence-electron chi connectivity index (χ0n) is 11.1. The largest absolute Gasteiger partial charge is 0.446 e. The third-order valence-electron chi connectivity index (χ3n) is 2.77. The van der Waals surface area contributed by atoms with Crippen LogP contribution in [-0.2, 0) is 16.6 Å². The Balaban J connectivity index is 2.38. The monoisotopic (exact) mass is 358 g/mol. The summed E-state index contributed by atoms with van der Waals surface area (Å²) in [5.41, 5.74) is 7.78. The van der Waals surface area contributed by atoms with Crippen LogP contribution in [0.5, 0.6) is 0 Å². The molecule has 0 amide bonds. The number of sulfonamides is 1. The van der Waals surface area contributed by atoms with E-state index in [0.717, 1.165) is 11.1 Å². The quantitative estimate of drug-likeness (QED) is 0.879. The van der Waals surface area contributed by atoms with E-state index >= 15 is 0 Å². The van der Waals surface area contributed by atoms with Gasteiger partial charge in [-0.15, -0.1) is 0 Å². The summed E-state index contributed by atoms with van der Waals surface area (Å²) < 4.78 is 32.9. The van der Waals surface area contributed by atoms with Gasteiger partial charge in [-0.05, 0) is 59.1 Å². The number of nitrogens with two attached hydrogens (primary N) is 1. The Morgan fingerprint density at radius 2 is 2.00 bits per heavy atom. The van der Waals surface area contributed by atoms with Crippen LogP contribution in [0.25, 0.3) is 0 Å². The first-order valence-electron chi connectivity index (χ1n) is 5.92. The molecule has 3 N–H and O–H groups in total. The Hall–Kier alpha value is -1.31. The lowest BCUT2D eigenvalue weighted by Crippen LogP contribution is -2.13. The molecule has 108 valence electrons. The van der Waals surface area contributed by atoms with Crippen LogP contribution >= 0.6 is 15.9 Å². The Kier molecular flexibility index (Phi) is 4.22. The number of anilines is 1. The molecule has 20 heavy (non-hydrogen) atoms. The number of nitrogens with one attached hydrogen (secondary N) is 1. The number of rotatable bonds is 4. The van der Waals surface area contributed by atoms with Gasteiger partial charge in [0.05, 0.1) is 12.2 Å². The van der Waals surface area contributed by atoms with Crippen molar-refractivity contribution in [1.82, 2.24) is 0 Å². The van der Waals surface area contributed by atoms with Crippen molar-refractivity contribution in [2.24, 2.45) is 5.73 Å². The SMILES string of the molecule is Cc1cc(C)c(NS(=O)(=O)c2ccc(CN)o2)c(Br)c1. The second-order valence-corrected chi connectivity index (χ2v) is 6.94. The van der Waals surface area contributed by atoms with Crippen LogP contribution < -0.4 is 10.5 Å². The van der Waals surface area contributed by atoms with Gasteiger partial charge in [0.1, 0.15) is 5.76 Å². The maximum absolute atomic E-state index is 12.3. The second-order valence-electron chi connectivity index (χ2n) is 4.47. The van der Waals surface area contributed by atoms with Gasteiger partial charge < -0.3 is 10.2 Å². The lowest BCUT2D eigenvalue weighted by Gasteiger charge is -2.12. The van der Waals surface area contributed by atoms with Crippen molar-refractivity contribution in [3.63, 3.8) is 0 Å². The molecule has 2 aromatic rings. The van der Waals surface area contributed by atoms with Gasteiger partial charge in [0.25, 0.3) is 10.0 Å². The molecule has 0 atom stereocenters. The maximum Gasteiger partial charge on any atom is 0.295 e. The van der Waals surface area contributed by atoms with Crippen LogP contribution in [0.3, 0.4) is 0 Å². The van der Waals surface area contributed by atoms with Crippen molar-refractivity contribution in [3.8, 4) is 0 Å². The molecule has 2 rings (SSSR count). The summed E-state index contributed by atoms with van der Waals surface area (Å²) in [6, 6.07) is 6.68. The molecule has 0 saturated heterocycles. The highest BCUT2D eigenvalue weighted by molar-refractivity contribution is 9.10. The molecule has 1 heterocycles. The topological polar surface area (TPSA) is 85.3 Å². The first-order chi connectivity index (χ1) is 9.33. The lowest BCUT2D eigenvalue weighted by atomic mass is 10.1. The molecule has 0 unspecified atom stereocenters. The van der Waals surface area contributed by atoms with Gasteiger partial charge in [0, 0.05) is 4.47 Å². The van der Waals surface area contributed by atoms with Crippen molar-refractivity contribution >= 4 is 31.6 Å². The lowest BCUT2D eigenvalue weighted by molar-refractivity contribution is 0.417. The minimum absolute atomic E-state index is 0.148. The van der Waals surface area contributed by atoms with Crippen LogP contribution in [0, 0.1) is 13.8 Å². The van der Waals surface area contributed by atoms with E-state index in [-0.39, 0.29) is 11.6 Å². The van der Waals surface area contributed by atoms with Gasteiger partial charge in [-0.1, -0.05) is 6.07 Å². The van der Waals surface area contributed by atoms with Crippen LogP contribution in [0.1, 0.15) is 16.9 Å². The Morgan fingerprint density at radius 1 is 1.30 bits per heavy atom. The predicted octanol–water partition coefficient (Wildman–Crippen LogP) is 2.92. The third-order valence-corrected chi connectivity index (χ3v) is 4.62. The first-order valence-corrected chi connectivity index (χ1v) is 8.19. The molecular weight excluding hydrogens is 344 g/mol. The predicted molar refractivity (Wildman–Crippen MR) is 81.0 cm³/mol. The zero-order chi connectivity index (χ0) is 14.9. The summed E-state index contributed by atoms with van der Waals surface area (Å²) in [4.78, 5) is 0. The van der Waals surface area contributed by atoms with Gasteiger partial charge in [-0.25, -0.2) is 0 Å². The van der Waals surface area contributed by atoms with Gasteiger partial charge in [0.15, 0.2) is 0 Å². The third kappa shape index (κ3) is 3.05. The molecule has 0 radical (unpaired) electrons. The Labute approximate surface area is 126 Å². The standard InChI is InChI=1S/C13H15BrN2O3S/c1-8-5-9(2)13(11(14)6-8)16-20(17,18)12-4-3-10(7-15)19-12/h3-6,16H,7,15H2,1-2H3. The molecule has 0 fully saturated rings. The molecule has 0 spiro atoms. The van der Waals surface area contributed by atoms with Crippen molar-refractivity contribution in [1.29, 1.82) is 0 Å². The van der Waals surface area contributed by atoms with Crippen LogP contribution in [0.15, 0.2) is 38.2 Å². The van der Waals surface area contributed by atoms with E-state index in [9.17, 15) is 8.42 Å². The summed E-state index contributed by atoms with van der Waals surface area (Å²) in [7, 11) is -3.76. The zero-order valence-corrected chi connectivity index (χ0v) is 13.5. The van der Waals surface area contributed by atoms with E-state index < -0.39 is 10.0 Å². The highest BCUT2D eigenvalue weighted by Crippen LogP contribution is 2.30. The average Bonchev–Trinajstić information content (AvgIpc) is 2.83. The number of benzene rings is 1. The molecule has 1 aromatic heterocycles. The first kappa shape index (κ1) is 15.1. The molecule has 0 bridgehead atoms. The fraction of sp³-hybridized carbons (Fsp3) is 0.231. The smallest absolute Gasteiger partial charge is 0.295 e. The van der Waals surface area contributed by atoms with Gasteiger partial charge in [0.2, 0.25) is 5.09 Å². The highest BCUT2D eigenvalue weighted by Gasteiger charge is 2.21. The number of hydrogen-bond acceptors (Lipinski definition) is 4. The van der Waals surface area contributed by atoms with Crippen molar-refractivity contribution in [3.05, 3.63) is 45.6 Å². The summed E-state index contributed by atoms with van der Waals surface area (Å²) >= 11 is 3.36.